The van der Waals surface area contributed by atoms with Gasteiger partial charge in [0.2, 0.25) is 0 Å². The van der Waals surface area contributed by atoms with Gasteiger partial charge in [0.15, 0.2) is 0 Å². The van der Waals surface area contributed by atoms with E-state index >= 15 is 0 Å². The minimum Gasteiger partial charge on any atom is -0.270 e. The average molecular weight is 465 g/mol. The summed E-state index contributed by atoms with van der Waals surface area (Å²) < 4.78 is 2.03. The van der Waals surface area contributed by atoms with Gasteiger partial charge in [-0.3, -0.25) is 4.68 Å². The van der Waals surface area contributed by atoms with Crippen LogP contribution in [0, 0.1) is 13.8 Å². The van der Waals surface area contributed by atoms with Gasteiger partial charge in [0, 0.05) is 38.9 Å². The molecule has 0 unspecified atom stereocenters. The minimum absolute atomic E-state index is 0. The van der Waals surface area contributed by atoms with E-state index in [1.54, 1.807) is 0 Å². The van der Waals surface area contributed by atoms with E-state index in [-0.39, 0.29) is 26.5 Å². The van der Waals surface area contributed by atoms with Crippen LogP contribution in [-0.2, 0) is 26.5 Å². The molecule has 0 spiro atoms. The summed E-state index contributed by atoms with van der Waals surface area (Å²) in [5.41, 5.74) is 6.76. The molecule has 0 aliphatic carbocycles. The average Bonchev–Trinajstić information content (AvgIpc) is 2.75. The molecule has 118 valence electrons. The van der Waals surface area contributed by atoms with Crippen molar-refractivity contribution in [3.05, 3.63) is 41.2 Å². The van der Waals surface area contributed by atoms with Crippen molar-refractivity contribution in [2.75, 3.05) is 0 Å². The summed E-state index contributed by atoms with van der Waals surface area (Å²) in [6.07, 6.45) is 4.16. The number of aryl methyl sites for hydroxylation is 2. The summed E-state index contributed by atoms with van der Waals surface area (Å²) in [5, 5.41) is 4.50. The third kappa shape index (κ3) is 3.86. The Balaban J connectivity index is 0.00000220. The van der Waals surface area contributed by atoms with Gasteiger partial charge in [-0.2, -0.15) is 5.10 Å². The summed E-state index contributed by atoms with van der Waals surface area (Å²) in [6.45, 7) is 15.5. The first kappa shape index (κ1) is 18.2. The van der Waals surface area contributed by atoms with Gasteiger partial charge in [-0.05, 0) is 49.8 Å². The monoisotopic (exact) mass is 465 g/mol. The van der Waals surface area contributed by atoms with Crippen LogP contribution in [0.5, 0.6) is 0 Å². The molecule has 0 saturated carbocycles. The summed E-state index contributed by atoms with van der Waals surface area (Å²) in [5.74, 6) is 0. The third-order valence-electron chi connectivity index (χ3n) is 3.71. The first-order chi connectivity index (χ1) is 9.20. The number of nitrogens with zero attached hydrogens (tertiary/aromatic N) is 2. The maximum absolute atomic E-state index is 4.50. The van der Waals surface area contributed by atoms with E-state index in [0.717, 1.165) is 0 Å². The molecule has 21 heavy (non-hydrogen) atoms. The molecule has 0 amide bonds. The zero-order chi connectivity index (χ0) is 15.1. The summed E-state index contributed by atoms with van der Waals surface area (Å²) in [7, 11) is 0. The number of hydrogen-bond acceptors (Lipinski definition) is 1. The van der Waals surface area contributed by atoms with Crippen molar-refractivity contribution >= 4 is 0 Å². The van der Waals surface area contributed by atoms with Gasteiger partial charge in [0.25, 0.3) is 0 Å². The molecule has 0 saturated heterocycles. The van der Waals surface area contributed by atoms with E-state index in [9.17, 15) is 0 Å². The van der Waals surface area contributed by atoms with Crippen molar-refractivity contribution in [1.82, 2.24) is 9.78 Å². The Hall–Kier alpha value is -0.882. The molecule has 1 aromatic heterocycles. The standard InChI is InChI=1S/C18H26N2.Pt/c1-12(2)20-11-15(10-19-20)17-14(4)8-13(3)9-16(17)18(5,6)7;/h8-12H,1-7H3;. The molecule has 0 atom stereocenters. The normalized spacial score (nSPS) is 11.6. The molecule has 0 radical (unpaired) electrons. The predicted octanol–water partition coefficient (Wildman–Crippen LogP) is 5.04. The van der Waals surface area contributed by atoms with E-state index in [4.69, 9.17) is 0 Å². The van der Waals surface area contributed by atoms with Crippen LogP contribution in [0.4, 0.5) is 0 Å². The second-order valence-electron chi connectivity index (χ2n) is 7.06. The predicted molar refractivity (Wildman–Crippen MR) is 86.2 cm³/mol. The summed E-state index contributed by atoms with van der Waals surface area (Å²) >= 11 is 0. The maximum atomic E-state index is 4.50. The molecule has 2 aromatic rings. The van der Waals surface area contributed by atoms with Gasteiger partial charge in [0.05, 0.1) is 6.20 Å². The van der Waals surface area contributed by atoms with Crippen molar-refractivity contribution in [1.29, 1.82) is 0 Å². The Labute approximate surface area is 143 Å². The van der Waals surface area contributed by atoms with Crippen LogP contribution < -0.4 is 0 Å². The van der Waals surface area contributed by atoms with Crippen LogP contribution in [0.3, 0.4) is 0 Å². The van der Waals surface area contributed by atoms with Gasteiger partial charge >= 0.3 is 0 Å². The molecule has 0 fully saturated rings. The third-order valence-corrected chi connectivity index (χ3v) is 3.71. The van der Waals surface area contributed by atoms with Crippen LogP contribution in [0.2, 0.25) is 0 Å². The number of benzene rings is 1. The van der Waals surface area contributed by atoms with Crippen molar-refractivity contribution in [3.63, 3.8) is 0 Å². The van der Waals surface area contributed by atoms with E-state index in [1.807, 2.05) is 10.9 Å². The molecular weight excluding hydrogens is 439 g/mol. The molecule has 1 heterocycles. The fourth-order valence-electron chi connectivity index (χ4n) is 2.69. The first-order valence-corrected chi connectivity index (χ1v) is 7.36. The number of hydrogen-bond donors (Lipinski definition) is 0. The zero-order valence-electron chi connectivity index (χ0n) is 14.1. The first-order valence-electron chi connectivity index (χ1n) is 7.36. The molecule has 0 N–H and O–H groups in total. The smallest absolute Gasteiger partial charge is 0.0568 e. The molecule has 0 aliphatic heterocycles. The Bertz CT molecular complexity index is 619. The largest absolute Gasteiger partial charge is 0.270 e. The van der Waals surface area contributed by atoms with Gasteiger partial charge < -0.3 is 0 Å². The Kier molecular flexibility index (Phi) is 5.61. The van der Waals surface area contributed by atoms with Gasteiger partial charge in [0.1, 0.15) is 0 Å². The molecule has 1 aromatic carbocycles. The second-order valence-corrected chi connectivity index (χ2v) is 7.06. The topological polar surface area (TPSA) is 17.8 Å². The van der Waals surface area contributed by atoms with Gasteiger partial charge in [-0.1, -0.05) is 38.5 Å². The number of rotatable bonds is 2. The van der Waals surface area contributed by atoms with E-state index in [0.29, 0.717) is 6.04 Å². The van der Waals surface area contributed by atoms with Crippen LogP contribution in [0.25, 0.3) is 11.1 Å². The van der Waals surface area contributed by atoms with Crippen LogP contribution in [0.15, 0.2) is 24.5 Å². The number of aromatic nitrogens is 2. The van der Waals surface area contributed by atoms with Crippen molar-refractivity contribution in [2.45, 2.75) is 59.9 Å². The molecule has 0 aliphatic rings. The summed E-state index contributed by atoms with van der Waals surface area (Å²) in [6, 6.07) is 4.97. The van der Waals surface area contributed by atoms with Crippen molar-refractivity contribution in [2.24, 2.45) is 0 Å². The Morgan fingerprint density at radius 1 is 1.10 bits per heavy atom. The van der Waals surface area contributed by atoms with Crippen molar-refractivity contribution in [3.8, 4) is 11.1 Å². The minimum atomic E-state index is 0. The molecule has 3 heteroatoms. The Morgan fingerprint density at radius 2 is 1.71 bits per heavy atom. The van der Waals surface area contributed by atoms with Crippen LogP contribution in [0.1, 0.15) is 57.4 Å². The molecule has 0 bridgehead atoms. The molecular formula is C18H26N2Pt. The summed E-state index contributed by atoms with van der Waals surface area (Å²) in [4.78, 5) is 0. The fraction of sp³-hybridized carbons (Fsp3) is 0.500. The molecule has 2 nitrogen and oxygen atoms in total. The van der Waals surface area contributed by atoms with Crippen LogP contribution in [-0.4, -0.2) is 9.78 Å². The maximum Gasteiger partial charge on any atom is 0.0568 e. The SMILES string of the molecule is Cc1cc(C)c(-c2cnn(C(C)C)c2)c(C(C)(C)C)c1.[Pt]. The zero-order valence-corrected chi connectivity index (χ0v) is 16.4. The van der Waals surface area contributed by atoms with Gasteiger partial charge in [-0.15, -0.1) is 0 Å². The van der Waals surface area contributed by atoms with Gasteiger partial charge in [-0.25, -0.2) is 0 Å². The van der Waals surface area contributed by atoms with Crippen molar-refractivity contribution < 1.29 is 21.1 Å². The van der Waals surface area contributed by atoms with E-state index in [2.05, 4.69) is 71.9 Å². The van der Waals surface area contributed by atoms with E-state index < -0.39 is 0 Å². The second kappa shape index (κ2) is 6.48. The fourth-order valence-corrected chi connectivity index (χ4v) is 2.69. The Morgan fingerprint density at radius 3 is 2.19 bits per heavy atom. The molecule has 2 rings (SSSR count). The van der Waals surface area contributed by atoms with Crippen LogP contribution >= 0.6 is 0 Å². The quantitative estimate of drug-likeness (QED) is 0.608. The van der Waals surface area contributed by atoms with E-state index in [1.165, 1.54) is 27.8 Å².